The lowest BCUT2D eigenvalue weighted by molar-refractivity contribution is -0.150. The zero-order valence-electron chi connectivity index (χ0n) is 42.5. The molecule has 0 saturated heterocycles. The highest BCUT2D eigenvalue weighted by Gasteiger charge is 2.25. The molecule has 0 aliphatic carbocycles. The van der Waals surface area contributed by atoms with E-state index in [1.807, 2.05) is 26.0 Å². The van der Waals surface area contributed by atoms with Gasteiger partial charge in [0.05, 0.1) is 0 Å². The van der Waals surface area contributed by atoms with Crippen LogP contribution in [0.2, 0.25) is 0 Å². The Labute approximate surface area is 388 Å². The first-order valence-electron chi connectivity index (χ1n) is 26.9. The molecular formula is C54H101N3O6. The van der Waals surface area contributed by atoms with Crippen molar-refractivity contribution in [1.29, 1.82) is 0 Å². The standard InChI is InChI=1S/C54H101N3O6/c1-8-12-15-18-23-30-38-47(11-4)62-49(58)41-33-26-21-28-35-44-57(46-37-43-56(7)52-51(55(5)6)53(60)54(52)61)45-36-29-22-27-34-42-50(59)63-48(39-31-24-19-16-13-9-2)40-32-25-20-17-14-10-3/h47-48H,8-46H2,1-7H3. The van der Waals surface area contributed by atoms with Crippen LogP contribution in [-0.2, 0) is 19.1 Å². The smallest absolute Gasteiger partial charge is 0.306 e. The molecule has 0 aliphatic heterocycles. The van der Waals surface area contributed by atoms with Crippen molar-refractivity contribution in [2.24, 2.45) is 0 Å². The second-order valence-electron chi connectivity index (χ2n) is 19.2. The van der Waals surface area contributed by atoms with E-state index < -0.39 is 0 Å². The minimum absolute atomic E-state index is 0.00147. The summed E-state index contributed by atoms with van der Waals surface area (Å²) in [5.74, 6) is -0.0324. The fraction of sp³-hybridized carbons (Fsp3) is 0.889. The van der Waals surface area contributed by atoms with Gasteiger partial charge in [-0.05, 0) is 96.7 Å². The van der Waals surface area contributed by atoms with E-state index in [0.29, 0.717) is 24.2 Å². The quantitative estimate of drug-likeness (QED) is 0.0360. The number of hydrogen-bond acceptors (Lipinski definition) is 9. The summed E-state index contributed by atoms with van der Waals surface area (Å²) in [4.78, 5) is 56.3. The number of ether oxygens (including phenoxy) is 2. The number of rotatable bonds is 46. The average Bonchev–Trinajstić information content (AvgIpc) is 3.26. The second kappa shape index (κ2) is 39.9. The third-order valence-corrected chi connectivity index (χ3v) is 13.1. The Morgan fingerprint density at radius 2 is 0.762 bits per heavy atom. The SMILES string of the molecule is CCCCCCCCC(CC)OC(=O)CCCCCCCN(CCCCCCCC(=O)OC(CCCCCCCC)CCCCCCCC)CCCN(C)c1c(N(C)C)c(=O)c1=O. The van der Waals surface area contributed by atoms with Gasteiger partial charge in [0.2, 0.25) is 0 Å². The van der Waals surface area contributed by atoms with Crippen molar-refractivity contribution in [3.63, 3.8) is 0 Å². The highest BCUT2D eigenvalue weighted by molar-refractivity contribution is 5.75. The number of carbonyl (C=O) groups is 2. The minimum Gasteiger partial charge on any atom is -0.462 e. The first-order chi connectivity index (χ1) is 30.6. The van der Waals surface area contributed by atoms with Gasteiger partial charge in [-0.1, -0.05) is 163 Å². The summed E-state index contributed by atoms with van der Waals surface area (Å²) < 4.78 is 11.9. The predicted octanol–water partition coefficient (Wildman–Crippen LogP) is 13.6. The van der Waals surface area contributed by atoms with Gasteiger partial charge in [0.25, 0.3) is 10.9 Å². The lowest BCUT2D eigenvalue weighted by atomic mass is 10.0. The third kappa shape index (κ3) is 29.7. The Hall–Kier alpha value is -2.42. The van der Waals surface area contributed by atoms with Crippen LogP contribution in [0.1, 0.15) is 252 Å². The summed E-state index contributed by atoms with van der Waals surface area (Å²) in [5.41, 5.74) is 0.292. The molecule has 1 rings (SSSR count). The molecule has 0 heterocycles. The van der Waals surface area contributed by atoms with Crippen molar-refractivity contribution in [3.05, 3.63) is 20.4 Å². The van der Waals surface area contributed by atoms with Gasteiger partial charge >= 0.3 is 11.9 Å². The summed E-state index contributed by atoms with van der Waals surface area (Å²) in [7, 11) is 5.55. The van der Waals surface area contributed by atoms with Crippen molar-refractivity contribution in [2.75, 3.05) is 57.1 Å². The fourth-order valence-electron chi connectivity index (χ4n) is 8.94. The molecule has 368 valence electrons. The van der Waals surface area contributed by atoms with E-state index in [1.165, 1.54) is 109 Å². The van der Waals surface area contributed by atoms with E-state index in [-0.39, 0.29) is 35.0 Å². The molecule has 9 nitrogen and oxygen atoms in total. The summed E-state index contributed by atoms with van der Waals surface area (Å²) in [5, 5.41) is 0. The van der Waals surface area contributed by atoms with Gasteiger partial charge in [0.1, 0.15) is 23.6 Å². The van der Waals surface area contributed by atoms with Crippen LogP contribution in [-0.4, -0.2) is 76.4 Å². The molecule has 1 aromatic rings. The topological polar surface area (TPSA) is 96.5 Å². The number of unbranched alkanes of at least 4 members (excludes halogenated alkanes) is 23. The van der Waals surface area contributed by atoms with Gasteiger partial charge < -0.3 is 24.2 Å². The number of anilines is 2. The average molecular weight is 888 g/mol. The molecule has 0 aliphatic rings. The summed E-state index contributed by atoms with van der Waals surface area (Å²) in [6.45, 7) is 12.6. The molecule has 0 amide bonds. The van der Waals surface area contributed by atoms with Crippen LogP contribution in [0.5, 0.6) is 0 Å². The van der Waals surface area contributed by atoms with Crippen LogP contribution in [0, 0.1) is 0 Å². The highest BCUT2D eigenvalue weighted by atomic mass is 16.5. The molecule has 1 atom stereocenters. The van der Waals surface area contributed by atoms with Gasteiger partial charge in [-0.15, -0.1) is 0 Å². The molecule has 0 radical (unpaired) electrons. The fourth-order valence-corrected chi connectivity index (χ4v) is 8.94. The van der Waals surface area contributed by atoms with Crippen molar-refractivity contribution in [2.45, 2.75) is 265 Å². The van der Waals surface area contributed by atoms with E-state index >= 15 is 0 Å². The Balaban J connectivity index is 2.49. The first kappa shape index (κ1) is 58.6. The zero-order chi connectivity index (χ0) is 46.3. The molecule has 0 N–H and O–H groups in total. The monoisotopic (exact) mass is 888 g/mol. The lowest BCUT2D eigenvalue weighted by Gasteiger charge is -2.28. The van der Waals surface area contributed by atoms with Gasteiger partial charge in [-0.3, -0.25) is 19.2 Å². The molecule has 1 unspecified atom stereocenters. The Bertz CT molecular complexity index is 1290. The van der Waals surface area contributed by atoms with Crippen molar-refractivity contribution in [1.82, 2.24) is 4.90 Å². The molecular weight excluding hydrogens is 787 g/mol. The predicted molar refractivity (Wildman–Crippen MR) is 269 cm³/mol. The van der Waals surface area contributed by atoms with Crippen molar-refractivity contribution >= 4 is 23.3 Å². The van der Waals surface area contributed by atoms with Crippen molar-refractivity contribution < 1.29 is 19.1 Å². The van der Waals surface area contributed by atoms with Crippen LogP contribution >= 0.6 is 0 Å². The van der Waals surface area contributed by atoms with E-state index in [4.69, 9.17) is 9.47 Å². The van der Waals surface area contributed by atoms with Gasteiger partial charge in [-0.25, -0.2) is 0 Å². The summed E-state index contributed by atoms with van der Waals surface area (Å²) >= 11 is 0. The molecule has 0 spiro atoms. The van der Waals surface area contributed by atoms with Crippen LogP contribution < -0.4 is 20.7 Å². The summed E-state index contributed by atoms with van der Waals surface area (Å²) in [6.07, 6.45) is 39.5. The second-order valence-corrected chi connectivity index (χ2v) is 19.2. The number of hydrogen-bond donors (Lipinski definition) is 0. The van der Waals surface area contributed by atoms with E-state index in [2.05, 4.69) is 32.6 Å². The first-order valence-corrected chi connectivity index (χ1v) is 26.9. The zero-order valence-corrected chi connectivity index (χ0v) is 42.5. The minimum atomic E-state index is -0.387. The lowest BCUT2D eigenvalue weighted by Crippen LogP contribution is -2.44. The molecule has 63 heavy (non-hydrogen) atoms. The highest BCUT2D eigenvalue weighted by Crippen LogP contribution is 2.22. The van der Waals surface area contributed by atoms with Crippen LogP contribution in [0.25, 0.3) is 0 Å². The molecule has 0 aromatic heterocycles. The van der Waals surface area contributed by atoms with E-state index in [0.717, 1.165) is 129 Å². The van der Waals surface area contributed by atoms with Gasteiger partial charge in [0.15, 0.2) is 0 Å². The maximum Gasteiger partial charge on any atom is 0.306 e. The maximum atomic E-state index is 12.9. The van der Waals surface area contributed by atoms with Gasteiger partial charge in [-0.2, -0.15) is 0 Å². The third-order valence-electron chi connectivity index (χ3n) is 13.1. The van der Waals surface area contributed by atoms with Crippen LogP contribution in [0.15, 0.2) is 9.59 Å². The molecule has 1 aromatic carbocycles. The Kier molecular flexibility index (Phi) is 37.1. The summed E-state index contributed by atoms with van der Waals surface area (Å²) in [6, 6.07) is 0. The Morgan fingerprint density at radius 3 is 1.19 bits per heavy atom. The Morgan fingerprint density at radius 1 is 0.413 bits per heavy atom. The van der Waals surface area contributed by atoms with Crippen molar-refractivity contribution in [3.8, 4) is 0 Å². The molecule has 0 bridgehead atoms. The molecule has 0 fully saturated rings. The number of esters is 2. The van der Waals surface area contributed by atoms with Crippen LogP contribution in [0.3, 0.4) is 0 Å². The number of carbonyl (C=O) groups excluding carboxylic acids is 2. The van der Waals surface area contributed by atoms with Crippen LogP contribution in [0.4, 0.5) is 11.4 Å². The normalized spacial score (nSPS) is 12.1. The van der Waals surface area contributed by atoms with E-state index in [9.17, 15) is 19.2 Å². The molecule has 0 saturated carbocycles. The number of nitrogens with zero attached hydrogens (tertiary/aromatic N) is 3. The van der Waals surface area contributed by atoms with Gasteiger partial charge in [0, 0.05) is 40.5 Å². The maximum absolute atomic E-state index is 12.9. The largest absolute Gasteiger partial charge is 0.462 e. The van der Waals surface area contributed by atoms with E-state index in [1.54, 1.807) is 4.90 Å². The molecule has 9 heteroatoms.